The van der Waals surface area contributed by atoms with Crippen LogP contribution in [0.15, 0.2) is 22.1 Å². The molecule has 12 heavy (non-hydrogen) atoms. The van der Waals surface area contributed by atoms with Crippen molar-refractivity contribution < 1.29 is 4.74 Å². The van der Waals surface area contributed by atoms with Crippen LogP contribution in [-0.4, -0.2) is 12.1 Å². The molecule has 0 spiro atoms. The van der Waals surface area contributed by atoms with E-state index in [0.717, 1.165) is 19.9 Å². The highest BCUT2D eigenvalue weighted by Crippen LogP contribution is 2.32. The summed E-state index contributed by atoms with van der Waals surface area (Å²) in [5.74, 6) is 0.885. The average molecular weight is 244 g/mol. The molecular weight excluding hydrogens is 238 g/mol. The quantitative estimate of drug-likeness (QED) is 0.769. The summed E-state index contributed by atoms with van der Waals surface area (Å²) in [4.78, 5) is 4.28. The van der Waals surface area contributed by atoms with E-state index in [1.807, 2.05) is 18.2 Å². The van der Waals surface area contributed by atoms with Gasteiger partial charge in [0.05, 0.1) is 17.3 Å². The predicted octanol–water partition coefficient (Wildman–Crippen LogP) is 3.07. The SMILES string of the molecule is COc1cccc2nc(Br)sc12. The van der Waals surface area contributed by atoms with Crippen LogP contribution in [-0.2, 0) is 0 Å². The molecule has 0 N–H and O–H groups in total. The minimum absolute atomic E-state index is 0.885. The molecule has 0 aliphatic carbocycles. The van der Waals surface area contributed by atoms with Crippen molar-refractivity contribution in [3.8, 4) is 5.75 Å². The first kappa shape index (κ1) is 8.01. The Morgan fingerprint density at radius 3 is 3.08 bits per heavy atom. The van der Waals surface area contributed by atoms with Crippen LogP contribution in [0, 0.1) is 0 Å². The van der Waals surface area contributed by atoms with Gasteiger partial charge in [-0.15, -0.1) is 11.3 Å². The van der Waals surface area contributed by atoms with Crippen LogP contribution >= 0.6 is 27.3 Å². The van der Waals surface area contributed by atoms with E-state index in [9.17, 15) is 0 Å². The molecule has 0 saturated carbocycles. The fraction of sp³-hybridized carbons (Fsp3) is 0.125. The number of halogens is 1. The number of hydrogen-bond acceptors (Lipinski definition) is 3. The first-order chi connectivity index (χ1) is 5.81. The summed E-state index contributed by atoms with van der Waals surface area (Å²) >= 11 is 4.92. The summed E-state index contributed by atoms with van der Waals surface area (Å²) < 4.78 is 7.17. The van der Waals surface area contributed by atoms with E-state index >= 15 is 0 Å². The lowest BCUT2D eigenvalue weighted by Crippen LogP contribution is -1.81. The number of hydrogen-bond donors (Lipinski definition) is 0. The topological polar surface area (TPSA) is 22.1 Å². The number of ether oxygens (including phenoxy) is 1. The maximum absolute atomic E-state index is 5.19. The van der Waals surface area contributed by atoms with Gasteiger partial charge in [0.25, 0.3) is 0 Å². The highest BCUT2D eigenvalue weighted by molar-refractivity contribution is 9.11. The van der Waals surface area contributed by atoms with Gasteiger partial charge in [0, 0.05) is 0 Å². The monoisotopic (exact) mass is 243 g/mol. The normalized spacial score (nSPS) is 10.5. The fourth-order valence-electron chi connectivity index (χ4n) is 1.06. The Hall–Kier alpha value is -0.610. The highest BCUT2D eigenvalue weighted by Gasteiger charge is 2.05. The molecule has 0 atom stereocenters. The average Bonchev–Trinajstić information content (AvgIpc) is 2.44. The second-order valence-corrected chi connectivity index (χ2v) is 4.55. The number of thiazole rings is 1. The highest BCUT2D eigenvalue weighted by atomic mass is 79.9. The molecule has 0 amide bonds. The van der Waals surface area contributed by atoms with Gasteiger partial charge < -0.3 is 4.74 Å². The first-order valence-corrected chi connectivity index (χ1v) is 5.01. The molecule has 0 radical (unpaired) electrons. The van der Waals surface area contributed by atoms with E-state index in [4.69, 9.17) is 4.74 Å². The van der Waals surface area contributed by atoms with Gasteiger partial charge in [-0.1, -0.05) is 6.07 Å². The standard InChI is InChI=1S/C8H6BrNOS/c1-11-6-4-2-3-5-7(6)12-8(9)10-5/h2-4H,1H3. The molecule has 1 heterocycles. The van der Waals surface area contributed by atoms with Gasteiger partial charge in [0.15, 0.2) is 3.92 Å². The van der Waals surface area contributed by atoms with E-state index in [2.05, 4.69) is 20.9 Å². The van der Waals surface area contributed by atoms with Crippen LogP contribution in [0.4, 0.5) is 0 Å². The minimum Gasteiger partial charge on any atom is -0.495 e. The Kier molecular flexibility index (Phi) is 2.02. The van der Waals surface area contributed by atoms with Crippen molar-refractivity contribution in [1.82, 2.24) is 4.98 Å². The summed E-state index contributed by atoms with van der Waals surface area (Å²) in [5.41, 5.74) is 0.978. The molecule has 4 heteroatoms. The molecular formula is C8H6BrNOS. The first-order valence-electron chi connectivity index (χ1n) is 3.40. The van der Waals surface area contributed by atoms with Crippen molar-refractivity contribution in [2.45, 2.75) is 0 Å². The third kappa shape index (κ3) is 1.21. The van der Waals surface area contributed by atoms with Gasteiger partial charge in [-0.05, 0) is 28.1 Å². The van der Waals surface area contributed by atoms with Crippen LogP contribution in [0.5, 0.6) is 5.75 Å². The molecule has 62 valence electrons. The molecule has 0 aliphatic rings. The van der Waals surface area contributed by atoms with E-state index in [-0.39, 0.29) is 0 Å². The molecule has 2 nitrogen and oxygen atoms in total. The lowest BCUT2D eigenvalue weighted by atomic mass is 10.3. The molecule has 2 aromatic rings. The van der Waals surface area contributed by atoms with Crippen molar-refractivity contribution in [3.63, 3.8) is 0 Å². The Morgan fingerprint density at radius 2 is 2.33 bits per heavy atom. The van der Waals surface area contributed by atoms with Gasteiger partial charge in [0.2, 0.25) is 0 Å². The van der Waals surface area contributed by atoms with Crippen LogP contribution in [0.1, 0.15) is 0 Å². The Bertz CT molecular complexity index is 412. The molecule has 2 rings (SSSR count). The summed E-state index contributed by atoms with van der Waals surface area (Å²) in [6, 6.07) is 5.85. The zero-order chi connectivity index (χ0) is 8.55. The number of aromatic nitrogens is 1. The van der Waals surface area contributed by atoms with Gasteiger partial charge in [-0.2, -0.15) is 0 Å². The van der Waals surface area contributed by atoms with Crippen LogP contribution in [0.25, 0.3) is 10.2 Å². The van der Waals surface area contributed by atoms with Crippen molar-refractivity contribution in [2.24, 2.45) is 0 Å². The zero-order valence-corrected chi connectivity index (χ0v) is 8.78. The maximum atomic E-state index is 5.19. The summed E-state index contributed by atoms with van der Waals surface area (Å²) in [7, 11) is 1.67. The molecule has 0 aliphatic heterocycles. The maximum Gasteiger partial charge on any atom is 0.160 e. The lowest BCUT2D eigenvalue weighted by molar-refractivity contribution is 0.420. The van der Waals surface area contributed by atoms with Gasteiger partial charge in [-0.25, -0.2) is 4.98 Å². The van der Waals surface area contributed by atoms with E-state index in [1.54, 1.807) is 18.4 Å². The number of fused-ring (bicyclic) bond motifs is 1. The van der Waals surface area contributed by atoms with Gasteiger partial charge in [0.1, 0.15) is 5.75 Å². The largest absolute Gasteiger partial charge is 0.495 e. The molecule has 1 aromatic carbocycles. The number of nitrogens with zero attached hydrogens (tertiary/aromatic N) is 1. The molecule has 0 saturated heterocycles. The van der Waals surface area contributed by atoms with Crippen molar-refractivity contribution in [2.75, 3.05) is 7.11 Å². The molecule has 0 bridgehead atoms. The zero-order valence-electron chi connectivity index (χ0n) is 6.37. The van der Waals surface area contributed by atoms with Crippen LogP contribution in [0.3, 0.4) is 0 Å². The third-order valence-electron chi connectivity index (χ3n) is 1.57. The smallest absolute Gasteiger partial charge is 0.160 e. The Morgan fingerprint density at radius 1 is 1.50 bits per heavy atom. The number of rotatable bonds is 1. The molecule has 0 unspecified atom stereocenters. The van der Waals surface area contributed by atoms with Gasteiger partial charge in [-0.3, -0.25) is 0 Å². The van der Waals surface area contributed by atoms with Crippen LogP contribution in [0.2, 0.25) is 0 Å². The molecule has 1 aromatic heterocycles. The van der Waals surface area contributed by atoms with E-state index in [1.165, 1.54) is 0 Å². The third-order valence-corrected chi connectivity index (χ3v) is 3.11. The molecule has 0 fully saturated rings. The van der Waals surface area contributed by atoms with Crippen LogP contribution < -0.4 is 4.74 Å². The summed E-state index contributed by atoms with van der Waals surface area (Å²) in [6.07, 6.45) is 0. The second kappa shape index (κ2) is 3.03. The number of benzene rings is 1. The van der Waals surface area contributed by atoms with Crippen molar-refractivity contribution in [1.29, 1.82) is 0 Å². The van der Waals surface area contributed by atoms with Crippen molar-refractivity contribution >= 4 is 37.5 Å². The van der Waals surface area contributed by atoms with Gasteiger partial charge >= 0.3 is 0 Å². The van der Waals surface area contributed by atoms with E-state index in [0.29, 0.717) is 0 Å². The minimum atomic E-state index is 0.885. The Labute approximate surface area is 82.3 Å². The summed E-state index contributed by atoms with van der Waals surface area (Å²) in [6.45, 7) is 0. The number of methoxy groups -OCH3 is 1. The lowest BCUT2D eigenvalue weighted by Gasteiger charge is -1.97. The fourth-order valence-corrected chi connectivity index (χ4v) is 2.52. The van der Waals surface area contributed by atoms with Crippen molar-refractivity contribution in [3.05, 3.63) is 22.1 Å². The Balaban J connectivity index is 2.78. The van der Waals surface area contributed by atoms with E-state index < -0.39 is 0 Å². The predicted molar refractivity (Wildman–Crippen MR) is 53.9 cm³/mol. The summed E-state index contributed by atoms with van der Waals surface area (Å²) in [5, 5.41) is 0. The second-order valence-electron chi connectivity index (χ2n) is 2.28.